The van der Waals surface area contributed by atoms with Gasteiger partial charge in [0.1, 0.15) is 0 Å². The Morgan fingerprint density at radius 2 is 2.00 bits per heavy atom. The molecule has 0 heterocycles. The molecule has 5 heteroatoms. The minimum atomic E-state index is -1.21. The molecule has 0 atom stereocenters. The van der Waals surface area contributed by atoms with Crippen LogP contribution in [0.3, 0.4) is 0 Å². The van der Waals surface area contributed by atoms with Gasteiger partial charge < -0.3 is 5.11 Å². The molecule has 56 valence electrons. The van der Waals surface area contributed by atoms with Crippen molar-refractivity contribution in [2.75, 3.05) is 7.11 Å². The fourth-order valence-electron chi connectivity index (χ4n) is 0.249. The van der Waals surface area contributed by atoms with Crippen LogP contribution in [0, 0.1) is 0 Å². The van der Waals surface area contributed by atoms with Gasteiger partial charge in [0, 0.05) is 12.2 Å². The monoisotopic (exact) mass is 146 g/mol. The molecule has 0 aromatic heterocycles. The summed E-state index contributed by atoms with van der Waals surface area (Å²) in [7, 11) is 1.15. The first kappa shape index (κ1) is 8.64. The maximum atomic E-state index is 10.3. The van der Waals surface area contributed by atoms with E-state index >= 15 is 0 Å². The van der Waals surface area contributed by atoms with Gasteiger partial charge in [0.15, 0.2) is 0 Å². The Kier molecular flexibility index (Phi) is 3.90. The lowest BCUT2D eigenvalue weighted by atomic mass is 10.5. The van der Waals surface area contributed by atoms with Crippen molar-refractivity contribution in [3.63, 3.8) is 0 Å². The average Bonchev–Trinajstić information content (AvgIpc) is 1.85. The zero-order chi connectivity index (χ0) is 7.98. The van der Waals surface area contributed by atoms with Crippen LogP contribution >= 0.6 is 0 Å². The van der Waals surface area contributed by atoms with Crippen LogP contribution in [-0.2, 0) is 19.4 Å². The molecule has 0 amide bonds. The van der Waals surface area contributed by atoms with Gasteiger partial charge in [-0.15, -0.1) is 0 Å². The molecule has 0 saturated carbocycles. The zero-order valence-electron chi connectivity index (χ0n) is 5.23. The predicted molar refractivity (Wildman–Crippen MR) is 29.9 cm³/mol. The van der Waals surface area contributed by atoms with Gasteiger partial charge in [0.2, 0.25) is 0 Å². The van der Waals surface area contributed by atoms with E-state index in [0.29, 0.717) is 6.08 Å². The molecule has 0 radical (unpaired) electrons. The summed E-state index contributed by atoms with van der Waals surface area (Å²) in [6.45, 7) is 0. The summed E-state index contributed by atoms with van der Waals surface area (Å²) in [6, 6.07) is 0. The number of carboxylic acid groups (broad SMARTS) is 1. The summed E-state index contributed by atoms with van der Waals surface area (Å²) in [6.07, 6.45) is 1.40. The van der Waals surface area contributed by atoms with Crippen molar-refractivity contribution in [3.05, 3.63) is 12.2 Å². The van der Waals surface area contributed by atoms with Crippen molar-refractivity contribution in [1.29, 1.82) is 0 Å². The Bertz CT molecular complexity index is 159. The standard InChI is InChI=1S/C5H6O5/c1-9-10-5(8)3-2-4(6)7/h2-3H,1H3,(H,6,7). The van der Waals surface area contributed by atoms with E-state index in [-0.39, 0.29) is 0 Å². The van der Waals surface area contributed by atoms with Crippen LogP contribution in [0.1, 0.15) is 0 Å². The number of hydrogen-bond donors (Lipinski definition) is 1. The van der Waals surface area contributed by atoms with Crippen molar-refractivity contribution in [3.8, 4) is 0 Å². The molecule has 0 spiro atoms. The first-order chi connectivity index (χ1) is 4.66. The first-order valence-electron chi connectivity index (χ1n) is 2.32. The Labute approximate surface area is 56.8 Å². The van der Waals surface area contributed by atoms with Gasteiger partial charge in [-0.2, -0.15) is 4.89 Å². The predicted octanol–water partition coefficient (Wildman–Crippen LogP) is -0.268. The highest BCUT2D eigenvalue weighted by molar-refractivity contribution is 5.90. The number of carboxylic acids is 1. The molecule has 0 unspecified atom stereocenters. The van der Waals surface area contributed by atoms with E-state index < -0.39 is 11.9 Å². The minimum Gasteiger partial charge on any atom is -0.478 e. The lowest BCUT2D eigenvalue weighted by Gasteiger charge is -1.90. The molecule has 5 nitrogen and oxygen atoms in total. The lowest BCUT2D eigenvalue weighted by Crippen LogP contribution is -1.99. The van der Waals surface area contributed by atoms with Gasteiger partial charge in [-0.1, -0.05) is 0 Å². The minimum absolute atomic E-state index is 0.654. The van der Waals surface area contributed by atoms with Crippen LogP contribution < -0.4 is 0 Å². The summed E-state index contributed by atoms with van der Waals surface area (Å²) in [5, 5.41) is 8.00. The average molecular weight is 146 g/mol. The number of carbonyl (C=O) groups is 2. The van der Waals surface area contributed by atoms with Crippen molar-refractivity contribution in [2.24, 2.45) is 0 Å². The highest BCUT2D eigenvalue weighted by Gasteiger charge is 1.95. The number of hydrogen-bond acceptors (Lipinski definition) is 4. The van der Waals surface area contributed by atoms with Gasteiger partial charge in [0.05, 0.1) is 7.11 Å². The van der Waals surface area contributed by atoms with E-state index in [4.69, 9.17) is 5.11 Å². The second kappa shape index (κ2) is 4.51. The molecule has 1 N–H and O–H groups in total. The third-order valence-electron chi connectivity index (χ3n) is 0.527. The van der Waals surface area contributed by atoms with E-state index in [1.54, 1.807) is 0 Å². The molecule has 0 aliphatic heterocycles. The van der Waals surface area contributed by atoms with Gasteiger partial charge in [-0.25, -0.2) is 9.59 Å². The second-order valence-electron chi connectivity index (χ2n) is 1.24. The molecule has 0 aliphatic rings. The highest BCUT2D eigenvalue weighted by Crippen LogP contribution is 1.80. The SMILES string of the molecule is COOC(=O)C=CC(=O)O. The second-order valence-corrected chi connectivity index (χ2v) is 1.24. The van der Waals surface area contributed by atoms with Gasteiger partial charge in [0.25, 0.3) is 0 Å². The summed E-state index contributed by atoms with van der Waals surface area (Å²) in [5.74, 6) is -2.07. The third kappa shape index (κ3) is 4.79. The summed E-state index contributed by atoms with van der Waals surface area (Å²) < 4.78 is 0. The van der Waals surface area contributed by atoms with Gasteiger partial charge in [-0.05, 0) is 0 Å². The topological polar surface area (TPSA) is 72.8 Å². The highest BCUT2D eigenvalue weighted by atomic mass is 17.2. The molecule has 0 aliphatic carbocycles. The van der Waals surface area contributed by atoms with Crippen LogP contribution in [0.2, 0.25) is 0 Å². The molecule has 0 saturated heterocycles. The summed E-state index contributed by atoms with van der Waals surface area (Å²) in [5.41, 5.74) is 0. The van der Waals surface area contributed by atoms with E-state index in [9.17, 15) is 9.59 Å². The van der Waals surface area contributed by atoms with Crippen molar-refractivity contribution >= 4 is 11.9 Å². The van der Waals surface area contributed by atoms with Crippen molar-refractivity contribution < 1.29 is 24.5 Å². The first-order valence-corrected chi connectivity index (χ1v) is 2.32. The largest absolute Gasteiger partial charge is 0.478 e. The van der Waals surface area contributed by atoms with Gasteiger partial charge >= 0.3 is 11.9 Å². The van der Waals surface area contributed by atoms with E-state index in [1.807, 2.05) is 0 Å². The van der Waals surface area contributed by atoms with Gasteiger partial charge in [-0.3, -0.25) is 4.89 Å². The molecular weight excluding hydrogens is 140 g/mol. The van der Waals surface area contributed by atoms with E-state index in [1.165, 1.54) is 0 Å². The molecule has 0 bridgehead atoms. The van der Waals surface area contributed by atoms with E-state index in [2.05, 4.69) is 9.78 Å². The Balaban J connectivity index is 3.67. The Morgan fingerprint density at radius 3 is 2.40 bits per heavy atom. The number of aliphatic carboxylic acids is 1. The summed E-state index contributed by atoms with van der Waals surface area (Å²) >= 11 is 0. The molecule has 0 aromatic carbocycles. The van der Waals surface area contributed by atoms with Crippen molar-refractivity contribution in [2.45, 2.75) is 0 Å². The lowest BCUT2D eigenvalue weighted by molar-refractivity contribution is -0.249. The Hall–Kier alpha value is -1.36. The van der Waals surface area contributed by atoms with E-state index in [0.717, 1.165) is 13.2 Å². The number of carbonyl (C=O) groups excluding carboxylic acids is 1. The normalized spacial score (nSPS) is 9.70. The fourth-order valence-corrected chi connectivity index (χ4v) is 0.249. The van der Waals surface area contributed by atoms with Crippen molar-refractivity contribution in [1.82, 2.24) is 0 Å². The quantitative estimate of drug-likeness (QED) is 0.337. The molecule has 10 heavy (non-hydrogen) atoms. The van der Waals surface area contributed by atoms with Crippen LogP contribution in [0.15, 0.2) is 12.2 Å². The molecule has 0 aromatic rings. The van der Waals surface area contributed by atoms with Crippen LogP contribution in [0.4, 0.5) is 0 Å². The maximum absolute atomic E-state index is 10.3. The zero-order valence-corrected chi connectivity index (χ0v) is 5.23. The van der Waals surface area contributed by atoms with Crippen LogP contribution in [-0.4, -0.2) is 24.2 Å². The Morgan fingerprint density at radius 1 is 1.40 bits per heavy atom. The van der Waals surface area contributed by atoms with Crippen LogP contribution in [0.25, 0.3) is 0 Å². The third-order valence-corrected chi connectivity index (χ3v) is 0.527. The fraction of sp³-hybridized carbons (Fsp3) is 0.200. The summed E-state index contributed by atoms with van der Waals surface area (Å²) in [4.78, 5) is 27.9. The maximum Gasteiger partial charge on any atom is 0.366 e. The molecule has 0 rings (SSSR count). The number of rotatable bonds is 3. The molecular formula is C5H6O5. The molecule has 0 fully saturated rings. The van der Waals surface area contributed by atoms with Crippen LogP contribution in [0.5, 0.6) is 0 Å². The smallest absolute Gasteiger partial charge is 0.366 e.